The zero-order valence-corrected chi connectivity index (χ0v) is 12.7. The molecule has 2 aromatic rings. The second-order valence-corrected chi connectivity index (χ2v) is 5.50. The van der Waals surface area contributed by atoms with Crippen LogP contribution in [0.15, 0.2) is 24.3 Å². The van der Waals surface area contributed by atoms with Gasteiger partial charge in [0.25, 0.3) is 0 Å². The van der Waals surface area contributed by atoms with E-state index in [4.69, 9.17) is 4.74 Å². The van der Waals surface area contributed by atoms with Crippen molar-refractivity contribution in [2.45, 2.75) is 19.9 Å². The Morgan fingerprint density at radius 1 is 1.45 bits per heavy atom. The van der Waals surface area contributed by atoms with E-state index >= 15 is 0 Å². The molecular formula is C15H18N2O2S. The van der Waals surface area contributed by atoms with Crippen LogP contribution >= 0.6 is 11.3 Å². The summed E-state index contributed by atoms with van der Waals surface area (Å²) in [7, 11) is 3.64. The molecule has 1 aromatic heterocycles. The highest BCUT2D eigenvalue weighted by molar-refractivity contribution is 7.17. The van der Waals surface area contributed by atoms with Crippen molar-refractivity contribution >= 4 is 22.8 Å². The molecule has 1 heterocycles. The highest BCUT2D eigenvalue weighted by atomic mass is 32.1. The van der Waals surface area contributed by atoms with Crippen LogP contribution in [0.1, 0.15) is 27.9 Å². The highest BCUT2D eigenvalue weighted by Gasteiger charge is 2.12. The summed E-state index contributed by atoms with van der Waals surface area (Å²) in [6, 6.07) is 7.95. The number of ether oxygens (including phenoxy) is 1. The fraction of sp³-hybridized carbons (Fsp3) is 0.333. The van der Waals surface area contributed by atoms with E-state index in [1.54, 1.807) is 7.11 Å². The van der Waals surface area contributed by atoms with E-state index in [2.05, 4.69) is 4.98 Å². The average Bonchev–Trinajstić information content (AvgIpc) is 2.90. The second kappa shape index (κ2) is 6.52. The molecule has 0 aliphatic rings. The molecule has 0 bridgehead atoms. The van der Waals surface area contributed by atoms with E-state index < -0.39 is 0 Å². The van der Waals surface area contributed by atoms with E-state index in [0.29, 0.717) is 0 Å². The lowest BCUT2D eigenvalue weighted by atomic mass is 10.2. The quantitative estimate of drug-likeness (QED) is 0.766. The predicted octanol–water partition coefficient (Wildman–Crippen LogP) is 3.16. The number of aromatic nitrogens is 1. The number of aldehydes is 1. The van der Waals surface area contributed by atoms with Crippen molar-refractivity contribution in [3.63, 3.8) is 0 Å². The number of anilines is 1. The third-order valence-corrected chi connectivity index (χ3v) is 4.18. The summed E-state index contributed by atoms with van der Waals surface area (Å²) in [5.41, 5.74) is 2.02. The van der Waals surface area contributed by atoms with E-state index in [9.17, 15) is 4.79 Å². The number of benzene rings is 1. The van der Waals surface area contributed by atoms with Crippen LogP contribution in [0, 0.1) is 0 Å². The summed E-state index contributed by atoms with van der Waals surface area (Å²) in [4.78, 5) is 18.3. The van der Waals surface area contributed by atoms with Gasteiger partial charge in [-0.2, -0.15) is 0 Å². The summed E-state index contributed by atoms with van der Waals surface area (Å²) < 4.78 is 5.22. The van der Waals surface area contributed by atoms with Crippen LogP contribution in [0.5, 0.6) is 5.75 Å². The monoisotopic (exact) mass is 290 g/mol. The van der Waals surface area contributed by atoms with Crippen molar-refractivity contribution in [1.82, 2.24) is 4.98 Å². The van der Waals surface area contributed by atoms with Gasteiger partial charge in [0, 0.05) is 13.6 Å². The molecule has 4 nitrogen and oxygen atoms in total. The Bertz CT molecular complexity index is 595. The van der Waals surface area contributed by atoms with Gasteiger partial charge in [0.05, 0.1) is 17.7 Å². The first-order valence-electron chi connectivity index (χ1n) is 6.46. The lowest BCUT2D eigenvalue weighted by Crippen LogP contribution is -2.16. The van der Waals surface area contributed by atoms with Gasteiger partial charge in [0.15, 0.2) is 11.4 Å². The lowest BCUT2D eigenvalue weighted by molar-refractivity contribution is 0.112. The molecule has 0 atom stereocenters. The topological polar surface area (TPSA) is 42.4 Å². The molecule has 0 spiro atoms. The Balaban J connectivity index is 2.16. The Morgan fingerprint density at radius 3 is 2.85 bits per heavy atom. The molecule has 0 aliphatic carbocycles. The van der Waals surface area contributed by atoms with Crippen molar-refractivity contribution in [2.75, 3.05) is 19.1 Å². The molecule has 20 heavy (non-hydrogen) atoms. The summed E-state index contributed by atoms with van der Waals surface area (Å²) in [6.45, 7) is 2.74. The number of thiazole rings is 1. The molecule has 0 aliphatic heterocycles. The number of carbonyl (C=O) groups is 1. The minimum absolute atomic E-state index is 0.722. The van der Waals surface area contributed by atoms with Crippen molar-refractivity contribution in [1.29, 1.82) is 0 Å². The number of hydrogen-bond acceptors (Lipinski definition) is 5. The Kier molecular flexibility index (Phi) is 4.74. The third kappa shape index (κ3) is 3.17. The first-order chi connectivity index (χ1) is 9.67. The van der Waals surface area contributed by atoms with E-state index in [1.807, 2.05) is 43.1 Å². The Labute approximate surface area is 123 Å². The summed E-state index contributed by atoms with van der Waals surface area (Å²) in [5, 5.41) is 0.867. The normalized spacial score (nSPS) is 10.3. The van der Waals surface area contributed by atoms with Crippen molar-refractivity contribution in [3.8, 4) is 5.75 Å². The molecule has 2 rings (SSSR count). The highest BCUT2D eigenvalue weighted by Crippen LogP contribution is 2.26. The summed E-state index contributed by atoms with van der Waals surface area (Å²) in [6.07, 6.45) is 1.66. The minimum Gasteiger partial charge on any atom is -0.497 e. The molecule has 5 heteroatoms. The molecule has 1 aromatic carbocycles. The van der Waals surface area contributed by atoms with Crippen LogP contribution in [0.3, 0.4) is 0 Å². The van der Waals surface area contributed by atoms with Gasteiger partial charge in [-0.3, -0.25) is 4.79 Å². The molecule has 0 saturated heterocycles. The summed E-state index contributed by atoms with van der Waals surface area (Å²) >= 11 is 1.44. The number of carbonyl (C=O) groups excluding carboxylic acids is 1. The standard InChI is InChI=1S/C15H18N2O2S/c1-4-13-14(10-18)20-15(16-13)17(2)9-11-6-5-7-12(8-11)19-3/h5-8,10H,4,9H2,1-3H3. The van der Waals surface area contributed by atoms with Crippen LogP contribution < -0.4 is 9.64 Å². The number of hydrogen-bond donors (Lipinski definition) is 0. The van der Waals surface area contributed by atoms with Crippen molar-refractivity contribution in [3.05, 3.63) is 40.4 Å². The SMILES string of the molecule is CCc1nc(N(C)Cc2cccc(OC)c2)sc1C=O. The lowest BCUT2D eigenvalue weighted by Gasteiger charge is -2.16. The average molecular weight is 290 g/mol. The molecule has 0 amide bonds. The zero-order chi connectivity index (χ0) is 14.5. The molecule has 0 fully saturated rings. The van der Waals surface area contributed by atoms with Gasteiger partial charge >= 0.3 is 0 Å². The number of nitrogens with zero attached hydrogens (tertiary/aromatic N) is 2. The van der Waals surface area contributed by atoms with Gasteiger partial charge in [-0.05, 0) is 24.1 Å². The van der Waals surface area contributed by atoms with Crippen LogP contribution in [-0.2, 0) is 13.0 Å². The van der Waals surface area contributed by atoms with Gasteiger partial charge in [-0.25, -0.2) is 4.98 Å². The number of aryl methyl sites for hydroxylation is 1. The fourth-order valence-corrected chi connectivity index (χ4v) is 2.90. The van der Waals surface area contributed by atoms with E-state index in [-0.39, 0.29) is 0 Å². The van der Waals surface area contributed by atoms with Crippen LogP contribution in [0.25, 0.3) is 0 Å². The second-order valence-electron chi connectivity index (χ2n) is 4.49. The minimum atomic E-state index is 0.722. The first-order valence-corrected chi connectivity index (χ1v) is 7.28. The number of rotatable bonds is 6. The molecule has 0 radical (unpaired) electrons. The third-order valence-electron chi connectivity index (χ3n) is 3.04. The predicted molar refractivity (Wildman–Crippen MR) is 82.0 cm³/mol. The molecule has 0 N–H and O–H groups in total. The Morgan fingerprint density at radius 2 is 2.25 bits per heavy atom. The smallest absolute Gasteiger partial charge is 0.186 e. The maximum Gasteiger partial charge on any atom is 0.186 e. The van der Waals surface area contributed by atoms with Gasteiger partial charge in [0.2, 0.25) is 0 Å². The largest absolute Gasteiger partial charge is 0.497 e. The van der Waals surface area contributed by atoms with Crippen LogP contribution in [0.4, 0.5) is 5.13 Å². The van der Waals surface area contributed by atoms with Crippen LogP contribution in [0.2, 0.25) is 0 Å². The van der Waals surface area contributed by atoms with Gasteiger partial charge in [-0.15, -0.1) is 0 Å². The zero-order valence-electron chi connectivity index (χ0n) is 11.9. The van der Waals surface area contributed by atoms with Gasteiger partial charge in [-0.1, -0.05) is 30.4 Å². The molecular weight excluding hydrogens is 272 g/mol. The first kappa shape index (κ1) is 14.5. The van der Waals surface area contributed by atoms with E-state index in [0.717, 1.165) is 46.3 Å². The molecule has 0 saturated carbocycles. The molecule has 106 valence electrons. The van der Waals surface area contributed by atoms with Gasteiger partial charge in [0.1, 0.15) is 5.75 Å². The fourth-order valence-electron chi connectivity index (χ4n) is 1.97. The molecule has 0 unspecified atom stereocenters. The van der Waals surface area contributed by atoms with Gasteiger partial charge < -0.3 is 9.64 Å². The van der Waals surface area contributed by atoms with Crippen LogP contribution in [-0.4, -0.2) is 25.4 Å². The maximum absolute atomic E-state index is 11.0. The summed E-state index contributed by atoms with van der Waals surface area (Å²) in [5.74, 6) is 0.845. The van der Waals surface area contributed by atoms with Crippen molar-refractivity contribution in [2.24, 2.45) is 0 Å². The Hall–Kier alpha value is -1.88. The van der Waals surface area contributed by atoms with Crippen molar-refractivity contribution < 1.29 is 9.53 Å². The maximum atomic E-state index is 11.0. The van der Waals surface area contributed by atoms with E-state index in [1.165, 1.54) is 11.3 Å². The number of methoxy groups -OCH3 is 1.